The molecule has 0 saturated heterocycles. The van der Waals surface area contributed by atoms with E-state index in [2.05, 4.69) is 53.6 Å². The van der Waals surface area contributed by atoms with Gasteiger partial charge in [0, 0.05) is 6.99 Å². The SMILES string of the molecule is O=PP(P(P)PP)P(P(P)P)P(P)P. The second kappa shape index (κ2) is 11.0. The average molecular weight is 432 g/mol. The fraction of sp³-hybridized carbons (Fsp3) is 0. The van der Waals surface area contributed by atoms with Gasteiger partial charge in [0.1, 0.15) is 0 Å². The summed E-state index contributed by atoms with van der Waals surface area (Å²) in [6.45, 7) is -0.605. The average Bonchev–Trinajstić information content (AvgIpc) is 2.11. The molecule has 0 N–H and O–H groups in total. The quantitative estimate of drug-likeness (QED) is 0.396. The molecule has 14 heavy (non-hydrogen) atoms. The van der Waals surface area contributed by atoms with Crippen LogP contribution in [-0.2, 0) is 4.57 Å². The fourth-order valence-corrected chi connectivity index (χ4v) is 113. The molecule has 84 valence electrons. The Balaban J connectivity index is 4.66. The highest BCUT2D eigenvalue weighted by Gasteiger charge is 2.32. The van der Waals surface area contributed by atoms with Crippen molar-refractivity contribution in [3.05, 3.63) is 0 Å². The van der Waals surface area contributed by atoms with Crippen molar-refractivity contribution >= 4 is 105 Å². The highest BCUT2D eigenvalue weighted by atomic mass is 33.3. The molecule has 0 saturated carbocycles. The van der Waals surface area contributed by atoms with E-state index in [-0.39, 0.29) is 34.9 Å². The molecular weight excluding hydrogens is 419 g/mol. The van der Waals surface area contributed by atoms with E-state index in [1.54, 1.807) is 0 Å². The topological polar surface area (TPSA) is 17.1 Å². The summed E-state index contributed by atoms with van der Waals surface area (Å²) in [6, 6.07) is 0. The fourth-order valence-electron chi connectivity index (χ4n) is 0.514. The van der Waals surface area contributed by atoms with Crippen LogP contribution in [0, 0.1) is 0 Å². The minimum Gasteiger partial charge on any atom is -0.269 e. The molecule has 9 unspecified atom stereocenters. The third-order valence-corrected chi connectivity index (χ3v) is 74.7. The Morgan fingerprint density at radius 3 is 1.64 bits per heavy atom. The van der Waals surface area contributed by atoms with Crippen LogP contribution in [0.5, 0.6) is 0 Å². The van der Waals surface area contributed by atoms with E-state index in [9.17, 15) is 4.57 Å². The Labute approximate surface area is 109 Å². The third kappa shape index (κ3) is 7.15. The molecule has 0 radical (unpaired) electrons. The monoisotopic (exact) mass is 432 g/mol. The molecule has 0 fully saturated rings. The summed E-state index contributed by atoms with van der Waals surface area (Å²) in [5.41, 5.74) is 0. The highest BCUT2D eigenvalue weighted by Crippen LogP contribution is 3.17. The molecule has 0 rings (SSSR count). The van der Waals surface area contributed by atoms with E-state index >= 15 is 0 Å². The van der Waals surface area contributed by atoms with Gasteiger partial charge in [0.05, 0.1) is 6.99 Å². The van der Waals surface area contributed by atoms with Crippen molar-refractivity contribution in [1.82, 2.24) is 0 Å². The highest BCUT2D eigenvalue weighted by molar-refractivity contribution is 9.23. The van der Waals surface area contributed by atoms with Gasteiger partial charge < -0.3 is 0 Å². The molecule has 0 bridgehead atoms. The lowest BCUT2D eigenvalue weighted by Crippen LogP contribution is -1.45. The zero-order valence-corrected chi connectivity index (χ0v) is 20.4. The number of hydrogen-bond donors (Lipinski definition) is 0. The van der Waals surface area contributed by atoms with Gasteiger partial charge in [-0.1, -0.05) is 7.96 Å². The minimum absolute atomic E-state index is 0.0644. The van der Waals surface area contributed by atoms with Gasteiger partial charge in [0.2, 0.25) is 0 Å². The Morgan fingerprint density at radius 1 is 1.00 bits per heavy atom. The van der Waals surface area contributed by atoms with Gasteiger partial charge in [-0.2, -0.15) is 0 Å². The van der Waals surface area contributed by atoms with Crippen molar-refractivity contribution in [3.63, 3.8) is 0 Å². The lowest BCUT2D eigenvalue weighted by Gasteiger charge is -2.31. The van der Waals surface area contributed by atoms with Crippen molar-refractivity contribution in [3.8, 4) is 0 Å². The van der Waals surface area contributed by atoms with Gasteiger partial charge in [0.15, 0.2) is 8.15 Å². The lowest BCUT2D eigenvalue weighted by molar-refractivity contribution is 0.605. The summed E-state index contributed by atoms with van der Waals surface area (Å²) in [4.78, 5) is 0. The largest absolute Gasteiger partial charge is 0.269 e. The Bertz CT molecular complexity index is 153. The van der Waals surface area contributed by atoms with E-state index in [1.807, 2.05) is 0 Å². The maximum absolute atomic E-state index is 11.3. The number of hydrogen-bond acceptors (Lipinski definition) is 1. The molecule has 1 nitrogen and oxygen atoms in total. The number of rotatable bonds is 6. The van der Waals surface area contributed by atoms with Crippen LogP contribution >= 0.6 is 105 Å². The van der Waals surface area contributed by atoms with Crippen LogP contribution in [0.3, 0.4) is 0 Å². The van der Waals surface area contributed by atoms with Crippen molar-refractivity contribution in [2.24, 2.45) is 0 Å². The van der Waals surface area contributed by atoms with Crippen LogP contribution in [-0.4, -0.2) is 0 Å². The van der Waals surface area contributed by atoms with Gasteiger partial charge in [0.25, 0.3) is 0 Å². The Kier molecular flexibility index (Phi) is 15.1. The molecule has 0 aliphatic rings. The lowest BCUT2D eigenvalue weighted by atomic mass is 16.0. The van der Waals surface area contributed by atoms with E-state index in [4.69, 9.17) is 0 Å². The van der Waals surface area contributed by atoms with Crippen LogP contribution in [0.15, 0.2) is 0 Å². The van der Waals surface area contributed by atoms with Gasteiger partial charge >= 0.3 is 0 Å². The normalized spacial score (nSPS) is 17.8. The Hall–Kier alpha value is 5.26. The van der Waals surface area contributed by atoms with Gasteiger partial charge in [-0.25, -0.2) is 0 Å². The third-order valence-electron chi connectivity index (χ3n) is 0.971. The summed E-state index contributed by atoms with van der Waals surface area (Å²) in [5, 5.41) is 0. The maximum Gasteiger partial charge on any atom is 0.192 e. The van der Waals surface area contributed by atoms with Crippen LogP contribution in [0.25, 0.3) is 0 Å². The summed E-state index contributed by atoms with van der Waals surface area (Å²) in [7, 11) is 18.7. The molecule has 14 heteroatoms. The second-order valence-corrected chi connectivity index (χ2v) is 48.5. The van der Waals surface area contributed by atoms with E-state index < -0.39 is 0 Å². The van der Waals surface area contributed by atoms with Crippen molar-refractivity contribution in [2.45, 2.75) is 0 Å². The molecule has 0 spiro atoms. The van der Waals surface area contributed by atoms with Crippen molar-refractivity contribution in [1.29, 1.82) is 0 Å². The minimum atomic E-state index is -0.287. The first-order chi connectivity index (χ1) is 6.45. The molecule has 0 aromatic rings. The van der Waals surface area contributed by atoms with Gasteiger partial charge in [-0.15, -0.1) is 53.6 Å². The van der Waals surface area contributed by atoms with Crippen LogP contribution < -0.4 is 0 Å². The molecule has 0 aromatic carbocycles. The predicted molar refractivity (Wildman–Crippen MR) is 109 cm³/mol. The first-order valence-corrected chi connectivity index (χ1v) is 25.8. The van der Waals surface area contributed by atoms with Crippen LogP contribution in [0.1, 0.15) is 0 Å². The smallest absolute Gasteiger partial charge is 0.192 e. The van der Waals surface area contributed by atoms with Crippen molar-refractivity contribution < 1.29 is 4.57 Å². The first kappa shape index (κ1) is 19.3. The Morgan fingerprint density at radius 2 is 1.43 bits per heavy atom. The van der Waals surface area contributed by atoms with Crippen molar-refractivity contribution in [2.75, 3.05) is 0 Å². The summed E-state index contributed by atoms with van der Waals surface area (Å²) < 4.78 is 11.3. The summed E-state index contributed by atoms with van der Waals surface area (Å²) in [5.74, 6) is 0. The molecule has 0 aromatic heterocycles. The molecule has 0 amide bonds. The zero-order chi connectivity index (χ0) is 11.3. The van der Waals surface area contributed by atoms with Gasteiger partial charge in [-0.3, -0.25) is 4.57 Å². The molecule has 0 aliphatic carbocycles. The second-order valence-electron chi connectivity index (χ2n) is 1.85. The molecule has 9 atom stereocenters. The van der Waals surface area contributed by atoms with E-state index in [0.29, 0.717) is 8.15 Å². The summed E-state index contributed by atoms with van der Waals surface area (Å²) >= 11 is 0. The predicted octanol–water partition coefficient (Wildman–Crippen LogP) is 7.60. The summed E-state index contributed by atoms with van der Waals surface area (Å²) in [6.07, 6.45) is 0. The molecule has 0 aliphatic heterocycles. The molecule has 0 heterocycles. The first-order valence-electron chi connectivity index (χ1n) is 2.99. The van der Waals surface area contributed by atoms with Crippen LogP contribution in [0.4, 0.5) is 0 Å². The van der Waals surface area contributed by atoms with Gasteiger partial charge in [-0.05, 0) is 21.0 Å². The van der Waals surface area contributed by atoms with E-state index in [1.165, 1.54) is 0 Å². The van der Waals surface area contributed by atoms with E-state index in [0.717, 1.165) is 7.96 Å². The maximum atomic E-state index is 11.3. The standard InChI is InChI=1S/H13OP13/c1-8-13(12(7)9-2)14(10(3)4)11(5)6/h9H,2-7H2. The molecular formula is H13OP13. The zero-order valence-electron chi connectivity index (χ0n) is 7.06. The van der Waals surface area contributed by atoms with Crippen LogP contribution in [0.2, 0.25) is 0 Å².